The van der Waals surface area contributed by atoms with Crippen molar-refractivity contribution in [3.63, 3.8) is 0 Å². The fourth-order valence-electron chi connectivity index (χ4n) is 2.83. The minimum atomic E-state index is -0.335. The van der Waals surface area contributed by atoms with E-state index >= 15 is 0 Å². The molecule has 2 aromatic carbocycles. The highest BCUT2D eigenvalue weighted by atomic mass is 35.5. The lowest BCUT2D eigenvalue weighted by atomic mass is 10.1. The van der Waals surface area contributed by atoms with Gasteiger partial charge in [0.25, 0.3) is 5.91 Å². The molecule has 0 aromatic heterocycles. The molecular formula is C22H27ClN2O3. The number of amides is 1. The van der Waals surface area contributed by atoms with Gasteiger partial charge in [-0.05, 0) is 54.3 Å². The predicted octanol–water partition coefficient (Wildman–Crippen LogP) is 4.50. The van der Waals surface area contributed by atoms with Crippen LogP contribution in [0.2, 0.25) is 5.02 Å². The van der Waals surface area contributed by atoms with E-state index < -0.39 is 0 Å². The molecule has 0 saturated heterocycles. The molecule has 0 saturated carbocycles. The van der Waals surface area contributed by atoms with Crippen molar-refractivity contribution in [1.29, 1.82) is 0 Å². The van der Waals surface area contributed by atoms with E-state index in [1.54, 1.807) is 19.3 Å². The second kappa shape index (κ2) is 10.7. The second-order valence-electron chi connectivity index (χ2n) is 6.09. The normalized spacial score (nSPS) is 15.0. The number of methoxy groups -OCH3 is 1. The molecule has 2 aromatic rings. The van der Waals surface area contributed by atoms with Crippen molar-refractivity contribution in [2.24, 2.45) is 0 Å². The molecule has 1 atom stereocenters. The molecule has 3 rings (SSSR count). The number of ether oxygens (including phenoxy) is 1. The summed E-state index contributed by atoms with van der Waals surface area (Å²) in [6.07, 6.45) is 2.15. The molecule has 1 unspecified atom stereocenters. The van der Waals surface area contributed by atoms with Crippen molar-refractivity contribution in [2.45, 2.75) is 33.3 Å². The van der Waals surface area contributed by atoms with Crippen LogP contribution in [0.5, 0.6) is 5.75 Å². The van der Waals surface area contributed by atoms with Crippen LogP contribution in [0.4, 0.5) is 0 Å². The van der Waals surface area contributed by atoms with Gasteiger partial charge < -0.3 is 10.1 Å². The van der Waals surface area contributed by atoms with Crippen molar-refractivity contribution >= 4 is 17.5 Å². The Bertz CT molecular complexity index is 836. The number of halogens is 1. The Balaban J connectivity index is 0.00000136. The van der Waals surface area contributed by atoms with Crippen LogP contribution >= 0.6 is 11.6 Å². The lowest BCUT2D eigenvalue weighted by Gasteiger charge is -2.09. The number of hydroxylamine groups is 1. The first kappa shape index (κ1) is 21.8. The fraction of sp³-hybridized carbons (Fsp3) is 0.318. The van der Waals surface area contributed by atoms with E-state index in [2.05, 4.69) is 16.9 Å². The third kappa shape index (κ3) is 5.75. The minimum absolute atomic E-state index is 0.195. The van der Waals surface area contributed by atoms with E-state index in [-0.39, 0.29) is 12.0 Å². The van der Waals surface area contributed by atoms with Gasteiger partial charge in [-0.1, -0.05) is 49.7 Å². The molecule has 5 nitrogen and oxygen atoms in total. The monoisotopic (exact) mass is 402 g/mol. The third-order valence-corrected chi connectivity index (χ3v) is 4.43. The number of carbonyl (C=O) groups is 1. The van der Waals surface area contributed by atoms with Crippen LogP contribution in [0.3, 0.4) is 0 Å². The molecule has 1 aliphatic heterocycles. The second-order valence-corrected chi connectivity index (χ2v) is 6.52. The Morgan fingerprint density at radius 2 is 2.04 bits per heavy atom. The quantitative estimate of drug-likeness (QED) is 0.746. The molecule has 0 spiro atoms. The average molecular weight is 403 g/mol. The molecule has 2 N–H and O–H groups in total. The zero-order chi connectivity index (χ0) is 20.5. The van der Waals surface area contributed by atoms with Crippen molar-refractivity contribution in [2.75, 3.05) is 13.7 Å². The Morgan fingerprint density at radius 1 is 1.25 bits per heavy atom. The molecule has 0 bridgehead atoms. The van der Waals surface area contributed by atoms with Crippen LogP contribution in [0.25, 0.3) is 0 Å². The van der Waals surface area contributed by atoms with E-state index in [1.807, 2.05) is 51.1 Å². The summed E-state index contributed by atoms with van der Waals surface area (Å²) in [6, 6.07) is 13.4. The van der Waals surface area contributed by atoms with Gasteiger partial charge in [-0.15, -0.1) is 0 Å². The number of rotatable bonds is 6. The van der Waals surface area contributed by atoms with Gasteiger partial charge in [0, 0.05) is 11.6 Å². The van der Waals surface area contributed by atoms with E-state index in [9.17, 15) is 4.79 Å². The van der Waals surface area contributed by atoms with Crippen LogP contribution in [-0.2, 0) is 16.1 Å². The van der Waals surface area contributed by atoms with Crippen molar-refractivity contribution < 1.29 is 14.4 Å². The number of hydrogen-bond donors (Lipinski definition) is 2. The van der Waals surface area contributed by atoms with Gasteiger partial charge in [0.15, 0.2) is 0 Å². The topological polar surface area (TPSA) is 59.6 Å². The number of benzene rings is 2. The largest absolute Gasteiger partial charge is 0.496 e. The Morgan fingerprint density at radius 3 is 2.71 bits per heavy atom. The standard InChI is InChI=1S/C20H21ClN2O3.C2H6/c1-13-10-14(6-7-18(13)25-2)8-9-22-20(24)17-12-19(26-23-17)15-4-3-5-16(21)11-15;1-2/h3-7,10-12,19,23H,8-9H2,1-2H3,(H,22,24);1-2H3. The van der Waals surface area contributed by atoms with Crippen LogP contribution in [0, 0.1) is 6.92 Å². The number of aryl methyl sites for hydroxylation is 1. The molecule has 28 heavy (non-hydrogen) atoms. The van der Waals surface area contributed by atoms with Gasteiger partial charge >= 0.3 is 0 Å². The molecule has 1 aliphatic rings. The van der Waals surface area contributed by atoms with Crippen molar-refractivity contribution in [3.05, 3.63) is 76.0 Å². The minimum Gasteiger partial charge on any atom is -0.496 e. The fourth-order valence-corrected chi connectivity index (χ4v) is 3.03. The molecule has 6 heteroatoms. The van der Waals surface area contributed by atoms with Crippen molar-refractivity contribution in [1.82, 2.24) is 10.8 Å². The first-order valence-electron chi connectivity index (χ1n) is 9.37. The number of hydrogen-bond acceptors (Lipinski definition) is 4. The van der Waals surface area contributed by atoms with Crippen LogP contribution < -0.4 is 15.5 Å². The van der Waals surface area contributed by atoms with Crippen molar-refractivity contribution in [3.8, 4) is 5.75 Å². The lowest BCUT2D eigenvalue weighted by Crippen LogP contribution is -2.31. The molecule has 0 fully saturated rings. The zero-order valence-corrected chi connectivity index (χ0v) is 17.5. The van der Waals surface area contributed by atoms with Crippen LogP contribution in [-0.4, -0.2) is 19.6 Å². The highest BCUT2D eigenvalue weighted by Crippen LogP contribution is 2.26. The van der Waals surface area contributed by atoms with E-state index in [0.29, 0.717) is 17.3 Å². The maximum atomic E-state index is 12.3. The van der Waals surface area contributed by atoms with E-state index in [0.717, 1.165) is 28.9 Å². The van der Waals surface area contributed by atoms with E-state index in [1.165, 1.54) is 0 Å². The summed E-state index contributed by atoms with van der Waals surface area (Å²) in [5, 5.41) is 3.53. The molecule has 0 radical (unpaired) electrons. The summed E-state index contributed by atoms with van der Waals surface area (Å²) in [6.45, 7) is 6.53. The average Bonchev–Trinajstić information content (AvgIpc) is 3.20. The lowest BCUT2D eigenvalue weighted by molar-refractivity contribution is -0.118. The van der Waals surface area contributed by atoms with Gasteiger partial charge in [0.1, 0.15) is 17.6 Å². The number of carbonyl (C=O) groups excluding carboxylic acids is 1. The van der Waals surface area contributed by atoms with Gasteiger partial charge in [0.05, 0.1) is 7.11 Å². The molecule has 1 amide bonds. The third-order valence-electron chi connectivity index (χ3n) is 4.19. The van der Waals surface area contributed by atoms with Crippen LogP contribution in [0.15, 0.2) is 54.2 Å². The number of nitrogens with one attached hydrogen (secondary N) is 2. The SMILES string of the molecule is CC.COc1ccc(CCNC(=O)C2=CC(c3cccc(Cl)c3)ON2)cc1C. The van der Waals surface area contributed by atoms with E-state index in [4.69, 9.17) is 21.2 Å². The van der Waals surface area contributed by atoms with Gasteiger partial charge in [0.2, 0.25) is 0 Å². The molecule has 150 valence electrons. The van der Waals surface area contributed by atoms with Gasteiger partial charge in [-0.25, -0.2) is 0 Å². The molecule has 1 heterocycles. The van der Waals surface area contributed by atoms with Gasteiger partial charge in [-0.3, -0.25) is 15.1 Å². The Kier molecular flexibility index (Phi) is 8.36. The summed E-state index contributed by atoms with van der Waals surface area (Å²) in [5.41, 5.74) is 6.20. The summed E-state index contributed by atoms with van der Waals surface area (Å²) in [5.74, 6) is 0.669. The highest BCUT2D eigenvalue weighted by molar-refractivity contribution is 6.30. The maximum absolute atomic E-state index is 12.3. The summed E-state index contributed by atoms with van der Waals surface area (Å²) in [4.78, 5) is 17.7. The maximum Gasteiger partial charge on any atom is 0.269 e. The van der Waals surface area contributed by atoms with Gasteiger partial charge in [-0.2, -0.15) is 0 Å². The predicted molar refractivity (Wildman–Crippen MR) is 112 cm³/mol. The summed E-state index contributed by atoms with van der Waals surface area (Å²) >= 11 is 6.00. The molecule has 0 aliphatic carbocycles. The highest BCUT2D eigenvalue weighted by Gasteiger charge is 2.22. The first-order chi connectivity index (χ1) is 13.6. The molecular weight excluding hydrogens is 376 g/mol. The zero-order valence-electron chi connectivity index (χ0n) is 16.7. The summed E-state index contributed by atoms with van der Waals surface area (Å²) < 4.78 is 5.26. The smallest absolute Gasteiger partial charge is 0.269 e. The Labute approximate surface area is 171 Å². The summed E-state index contributed by atoms with van der Waals surface area (Å²) in [7, 11) is 1.66. The van der Waals surface area contributed by atoms with Crippen LogP contribution in [0.1, 0.15) is 36.6 Å². The first-order valence-corrected chi connectivity index (χ1v) is 9.75. The Hall–Kier alpha value is -2.50.